The second-order valence-electron chi connectivity index (χ2n) is 8.78. The Balaban J connectivity index is 1.59. The van der Waals surface area contributed by atoms with Crippen LogP contribution in [0.4, 0.5) is 5.00 Å². The summed E-state index contributed by atoms with van der Waals surface area (Å²) in [6.07, 6.45) is 2.72. The summed E-state index contributed by atoms with van der Waals surface area (Å²) in [5.74, 6) is -0.137. The van der Waals surface area contributed by atoms with E-state index in [0.29, 0.717) is 38.3 Å². The van der Waals surface area contributed by atoms with Gasteiger partial charge in [0.1, 0.15) is 5.00 Å². The SMILES string of the molecule is CCOC(=O)c1c(NC(=O)c2cc(-c3ccccc3Cl)nc3ccccc23)sc2c1CCC(C)C2. The number of aromatic nitrogens is 1. The lowest BCUT2D eigenvalue weighted by Crippen LogP contribution is -2.17. The van der Waals surface area contributed by atoms with E-state index < -0.39 is 0 Å². The zero-order chi connectivity index (χ0) is 24.5. The predicted octanol–water partition coefficient (Wildman–Crippen LogP) is 7.17. The van der Waals surface area contributed by atoms with E-state index in [0.717, 1.165) is 40.7 Å². The molecule has 0 saturated heterocycles. The highest BCUT2D eigenvalue weighted by Crippen LogP contribution is 2.40. The van der Waals surface area contributed by atoms with Crippen molar-refractivity contribution in [2.24, 2.45) is 5.92 Å². The molecule has 35 heavy (non-hydrogen) atoms. The van der Waals surface area contributed by atoms with Gasteiger partial charge in [0.05, 0.1) is 28.9 Å². The van der Waals surface area contributed by atoms with Gasteiger partial charge in [0.25, 0.3) is 5.91 Å². The number of halogens is 1. The third kappa shape index (κ3) is 4.56. The Kier molecular flexibility index (Phi) is 6.58. The first-order valence-corrected chi connectivity index (χ1v) is 12.9. The molecule has 2 heterocycles. The Morgan fingerprint density at radius 2 is 1.94 bits per heavy atom. The molecule has 1 amide bonds. The van der Waals surface area contributed by atoms with Crippen LogP contribution in [-0.4, -0.2) is 23.5 Å². The fourth-order valence-electron chi connectivity index (χ4n) is 4.60. The highest BCUT2D eigenvalue weighted by Gasteiger charge is 2.29. The molecule has 178 valence electrons. The van der Waals surface area contributed by atoms with Crippen molar-refractivity contribution < 1.29 is 14.3 Å². The molecule has 0 fully saturated rings. The highest BCUT2D eigenvalue weighted by molar-refractivity contribution is 7.17. The molecule has 1 aliphatic carbocycles. The number of carbonyl (C=O) groups is 2. The number of nitrogens with one attached hydrogen (secondary N) is 1. The Labute approximate surface area is 213 Å². The van der Waals surface area contributed by atoms with Crippen LogP contribution in [0.5, 0.6) is 0 Å². The molecule has 5 nitrogen and oxygen atoms in total. The van der Waals surface area contributed by atoms with Crippen LogP contribution in [0.1, 0.15) is 51.4 Å². The molecule has 1 N–H and O–H groups in total. The van der Waals surface area contributed by atoms with E-state index in [4.69, 9.17) is 21.3 Å². The summed E-state index contributed by atoms with van der Waals surface area (Å²) in [6.45, 7) is 4.28. The van der Waals surface area contributed by atoms with Crippen molar-refractivity contribution in [1.29, 1.82) is 0 Å². The van der Waals surface area contributed by atoms with Crippen LogP contribution in [0.25, 0.3) is 22.2 Å². The number of amides is 1. The molecule has 0 aliphatic heterocycles. The van der Waals surface area contributed by atoms with Gasteiger partial charge in [-0.2, -0.15) is 0 Å². The molecular weight excluding hydrogens is 480 g/mol. The number of pyridine rings is 1. The Morgan fingerprint density at radius 3 is 2.74 bits per heavy atom. The quantitative estimate of drug-likeness (QED) is 0.292. The van der Waals surface area contributed by atoms with Gasteiger partial charge < -0.3 is 10.1 Å². The fraction of sp³-hybridized carbons (Fsp3) is 0.250. The van der Waals surface area contributed by atoms with Gasteiger partial charge in [0.2, 0.25) is 0 Å². The molecule has 1 atom stereocenters. The molecule has 1 aliphatic rings. The van der Waals surface area contributed by atoms with Crippen molar-refractivity contribution in [1.82, 2.24) is 4.98 Å². The molecule has 2 aromatic heterocycles. The number of hydrogen-bond donors (Lipinski definition) is 1. The van der Waals surface area contributed by atoms with Gasteiger partial charge in [0.15, 0.2) is 0 Å². The monoisotopic (exact) mass is 504 g/mol. The summed E-state index contributed by atoms with van der Waals surface area (Å²) in [5.41, 5.74) is 4.04. The van der Waals surface area contributed by atoms with E-state index >= 15 is 0 Å². The predicted molar refractivity (Wildman–Crippen MR) is 142 cm³/mol. The average molecular weight is 505 g/mol. The molecule has 1 unspecified atom stereocenters. The maximum absolute atomic E-state index is 13.7. The fourth-order valence-corrected chi connectivity index (χ4v) is 6.23. The lowest BCUT2D eigenvalue weighted by Gasteiger charge is -2.18. The first-order chi connectivity index (χ1) is 17.0. The Hall–Kier alpha value is -3.22. The number of para-hydroxylation sites is 1. The third-order valence-corrected chi connectivity index (χ3v) is 7.83. The third-order valence-electron chi connectivity index (χ3n) is 6.33. The molecule has 0 bridgehead atoms. The molecule has 0 spiro atoms. The van der Waals surface area contributed by atoms with E-state index in [2.05, 4.69) is 12.2 Å². The molecule has 2 aromatic carbocycles. The standard InChI is InChI=1S/C28H25ClN2O3S/c1-3-34-28(33)25-19-13-12-16(2)14-24(19)35-27(25)31-26(32)20-15-23(18-9-4-6-10-21(18)29)30-22-11-7-5-8-17(20)22/h4-11,15-16H,3,12-14H2,1-2H3,(H,31,32). The summed E-state index contributed by atoms with van der Waals surface area (Å²) in [6, 6.07) is 16.7. The van der Waals surface area contributed by atoms with E-state index in [1.165, 1.54) is 11.3 Å². The number of rotatable bonds is 5. The Morgan fingerprint density at radius 1 is 1.17 bits per heavy atom. The zero-order valence-electron chi connectivity index (χ0n) is 19.6. The van der Waals surface area contributed by atoms with Gasteiger partial charge in [-0.05, 0) is 55.9 Å². The zero-order valence-corrected chi connectivity index (χ0v) is 21.1. The number of carbonyl (C=O) groups excluding carboxylic acids is 2. The van der Waals surface area contributed by atoms with Crippen molar-refractivity contribution in [2.45, 2.75) is 33.1 Å². The average Bonchev–Trinajstić information content (AvgIpc) is 3.20. The number of benzene rings is 2. The molecule has 7 heteroatoms. The number of anilines is 1. The second kappa shape index (κ2) is 9.80. The summed E-state index contributed by atoms with van der Waals surface area (Å²) in [4.78, 5) is 32.5. The molecule has 5 rings (SSSR count). The number of hydrogen-bond acceptors (Lipinski definition) is 5. The van der Waals surface area contributed by atoms with Crippen LogP contribution in [0.15, 0.2) is 54.6 Å². The van der Waals surface area contributed by atoms with Crippen LogP contribution in [0, 0.1) is 5.92 Å². The van der Waals surface area contributed by atoms with Crippen molar-refractivity contribution in [3.8, 4) is 11.3 Å². The van der Waals surface area contributed by atoms with Gasteiger partial charge in [0, 0.05) is 20.8 Å². The van der Waals surface area contributed by atoms with Gasteiger partial charge >= 0.3 is 5.97 Å². The van der Waals surface area contributed by atoms with Crippen LogP contribution in [-0.2, 0) is 17.6 Å². The smallest absolute Gasteiger partial charge is 0.341 e. The van der Waals surface area contributed by atoms with Crippen LogP contribution >= 0.6 is 22.9 Å². The number of ether oxygens (including phenoxy) is 1. The van der Waals surface area contributed by atoms with Gasteiger partial charge in [-0.15, -0.1) is 11.3 Å². The maximum atomic E-state index is 13.7. The van der Waals surface area contributed by atoms with Crippen LogP contribution < -0.4 is 5.32 Å². The number of fused-ring (bicyclic) bond motifs is 2. The first-order valence-electron chi connectivity index (χ1n) is 11.7. The van der Waals surface area contributed by atoms with E-state index in [1.54, 1.807) is 19.1 Å². The van der Waals surface area contributed by atoms with E-state index in [9.17, 15) is 9.59 Å². The van der Waals surface area contributed by atoms with Crippen molar-refractivity contribution in [3.05, 3.63) is 81.2 Å². The lowest BCUT2D eigenvalue weighted by atomic mass is 9.88. The van der Waals surface area contributed by atoms with Crippen molar-refractivity contribution in [2.75, 3.05) is 11.9 Å². The number of esters is 1. The largest absolute Gasteiger partial charge is 0.462 e. The minimum Gasteiger partial charge on any atom is -0.462 e. The molecule has 4 aromatic rings. The normalized spacial score (nSPS) is 15.0. The topological polar surface area (TPSA) is 68.3 Å². The molecular formula is C28H25ClN2O3S. The van der Waals surface area contributed by atoms with Gasteiger partial charge in [-0.25, -0.2) is 9.78 Å². The minimum atomic E-state index is -0.383. The van der Waals surface area contributed by atoms with Crippen LogP contribution in [0.2, 0.25) is 5.02 Å². The summed E-state index contributed by atoms with van der Waals surface area (Å²) < 4.78 is 5.36. The molecule has 0 saturated carbocycles. The highest BCUT2D eigenvalue weighted by atomic mass is 35.5. The number of thiophene rings is 1. The van der Waals surface area contributed by atoms with E-state index in [1.807, 2.05) is 42.5 Å². The second-order valence-corrected chi connectivity index (χ2v) is 10.3. The summed E-state index contributed by atoms with van der Waals surface area (Å²) in [7, 11) is 0. The van der Waals surface area contributed by atoms with Gasteiger partial charge in [-0.3, -0.25) is 4.79 Å². The Bertz CT molecular complexity index is 1450. The van der Waals surface area contributed by atoms with Crippen molar-refractivity contribution in [3.63, 3.8) is 0 Å². The van der Waals surface area contributed by atoms with Crippen LogP contribution in [0.3, 0.4) is 0 Å². The minimum absolute atomic E-state index is 0.281. The van der Waals surface area contributed by atoms with Crippen molar-refractivity contribution >= 4 is 50.7 Å². The molecule has 0 radical (unpaired) electrons. The number of nitrogens with zero attached hydrogens (tertiary/aromatic N) is 1. The summed E-state index contributed by atoms with van der Waals surface area (Å²) >= 11 is 7.92. The van der Waals surface area contributed by atoms with E-state index in [-0.39, 0.29) is 18.5 Å². The maximum Gasteiger partial charge on any atom is 0.341 e. The first kappa shape index (κ1) is 23.5. The van der Waals surface area contributed by atoms with Gasteiger partial charge in [-0.1, -0.05) is 54.9 Å². The summed E-state index contributed by atoms with van der Waals surface area (Å²) in [5, 5.41) is 4.88. The lowest BCUT2D eigenvalue weighted by molar-refractivity contribution is 0.0526.